The first kappa shape index (κ1) is 19.5. The summed E-state index contributed by atoms with van der Waals surface area (Å²) in [5, 5.41) is 0.696. The van der Waals surface area contributed by atoms with Crippen molar-refractivity contribution in [2.45, 2.75) is 5.41 Å². The average molecular weight is 458 g/mol. The number of benzene rings is 5. The number of halogens is 1. The van der Waals surface area contributed by atoms with Crippen LogP contribution in [-0.2, 0) is 5.41 Å². The molecule has 0 aromatic heterocycles. The Labute approximate surface area is 203 Å². The fourth-order valence-electron chi connectivity index (χ4n) is 5.73. The Morgan fingerprint density at radius 3 is 1.79 bits per heavy atom. The maximum absolute atomic E-state index is 6.59. The van der Waals surface area contributed by atoms with Crippen LogP contribution < -0.4 is 10.5 Å². The van der Waals surface area contributed by atoms with Gasteiger partial charge in [-0.2, -0.15) is 0 Å². The van der Waals surface area contributed by atoms with E-state index in [-0.39, 0.29) is 0 Å². The second-order valence-corrected chi connectivity index (χ2v) is 9.35. The summed E-state index contributed by atoms with van der Waals surface area (Å²) < 4.78 is 6.48. The minimum Gasteiger partial charge on any atom is -0.457 e. The van der Waals surface area contributed by atoms with E-state index in [4.69, 9.17) is 22.1 Å². The molecule has 1 heterocycles. The molecule has 5 aromatic rings. The van der Waals surface area contributed by atoms with Crippen molar-refractivity contribution in [1.29, 1.82) is 0 Å². The van der Waals surface area contributed by atoms with Gasteiger partial charge in [0.1, 0.15) is 11.5 Å². The number of fused-ring (bicyclic) bond motifs is 9. The van der Waals surface area contributed by atoms with Gasteiger partial charge >= 0.3 is 0 Å². The molecule has 0 saturated carbocycles. The lowest BCUT2D eigenvalue weighted by molar-refractivity contribution is 0.436. The van der Waals surface area contributed by atoms with Crippen LogP contribution in [0.15, 0.2) is 109 Å². The van der Waals surface area contributed by atoms with Crippen molar-refractivity contribution in [1.82, 2.24) is 0 Å². The molecule has 0 fully saturated rings. The van der Waals surface area contributed by atoms with Gasteiger partial charge in [0, 0.05) is 21.8 Å². The van der Waals surface area contributed by atoms with Crippen LogP contribution in [0.1, 0.15) is 22.3 Å². The monoisotopic (exact) mass is 457 g/mol. The highest BCUT2D eigenvalue weighted by Gasteiger charge is 2.51. The standard InChI is InChI=1S/C31H20ClNO/c32-21-12-16-30-28(18-21)31(25-7-3-1-5-23(25)24-6-2-4-8-26(24)31)27-17-20(11-15-29(27)34-30)19-9-13-22(33)14-10-19/h1-18H,33H2. The lowest BCUT2D eigenvalue weighted by atomic mass is 9.66. The van der Waals surface area contributed by atoms with Gasteiger partial charge in [-0.25, -0.2) is 0 Å². The second-order valence-electron chi connectivity index (χ2n) is 8.92. The lowest BCUT2D eigenvalue weighted by Gasteiger charge is -2.39. The molecule has 0 saturated heterocycles. The number of ether oxygens (including phenoxy) is 1. The molecule has 0 atom stereocenters. The van der Waals surface area contributed by atoms with E-state index in [9.17, 15) is 0 Å². The molecule has 0 unspecified atom stereocenters. The Bertz CT molecular complexity index is 1560. The van der Waals surface area contributed by atoms with Crippen molar-refractivity contribution < 1.29 is 4.74 Å². The third kappa shape index (κ3) is 2.52. The van der Waals surface area contributed by atoms with Crippen LogP contribution in [0.2, 0.25) is 5.02 Å². The zero-order valence-corrected chi connectivity index (χ0v) is 19.0. The first-order chi connectivity index (χ1) is 16.7. The molecule has 162 valence electrons. The van der Waals surface area contributed by atoms with E-state index in [1.54, 1.807) is 0 Å². The van der Waals surface area contributed by atoms with Gasteiger partial charge in [-0.1, -0.05) is 78.3 Å². The third-order valence-electron chi connectivity index (χ3n) is 7.15. The van der Waals surface area contributed by atoms with Crippen LogP contribution in [0.5, 0.6) is 11.5 Å². The van der Waals surface area contributed by atoms with E-state index in [0.29, 0.717) is 5.02 Å². The minimum absolute atomic E-state index is 0.523. The molecule has 1 aliphatic heterocycles. The summed E-state index contributed by atoms with van der Waals surface area (Å²) >= 11 is 6.59. The molecular weight excluding hydrogens is 438 g/mol. The zero-order valence-electron chi connectivity index (χ0n) is 18.3. The van der Waals surface area contributed by atoms with Gasteiger partial charge in [0.05, 0.1) is 5.41 Å². The molecule has 2 N–H and O–H groups in total. The normalized spacial score (nSPS) is 14.0. The van der Waals surface area contributed by atoms with E-state index in [0.717, 1.165) is 39.4 Å². The summed E-state index contributed by atoms with van der Waals surface area (Å²) in [5.74, 6) is 1.70. The molecule has 0 radical (unpaired) electrons. The molecule has 0 bridgehead atoms. The van der Waals surface area contributed by atoms with Gasteiger partial charge in [0.2, 0.25) is 0 Å². The summed E-state index contributed by atoms with van der Waals surface area (Å²) in [6, 6.07) is 37.8. The first-order valence-corrected chi connectivity index (χ1v) is 11.7. The molecule has 2 aliphatic rings. The number of nitrogens with two attached hydrogens (primary N) is 1. The maximum Gasteiger partial charge on any atom is 0.132 e. The Morgan fingerprint density at radius 1 is 0.559 bits per heavy atom. The van der Waals surface area contributed by atoms with Gasteiger partial charge in [-0.3, -0.25) is 0 Å². The Balaban J connectivity index is 1.62. The number of anilines is 1. The largest absolute Gasteiger partial charge is 0.457 e. The molecule has 1 aliphatic carbocycles. The molecule has 5 aromatic carbocycles. The predicted octanol–water partition coefficient (Wildman–Crippen LogP) is 8.06. The van der Waals surface area contributed by atoms with Gasteiger partial charge in [0.15, 0.2) is 0 Å². The van der Waals surface area contributed by atoms with Crippen molar-refractivity contribution in [3.8, 4) is 33.8 Å². The number of hydrogen-bond acceptors (Lipinski definition) is 2. The van der Waals surface area contributed by atoms with Crippen LogP contribution in [0, 0.1) is 0 Å². The van der Waals surface area contributed by atoms with Crippen LogP contribution in [0.3, 0.4) is 0 Å². The minimum atomic E-state index is -0.523. The van der Waals surface area contributed by atoms with Crippen LogP contribution >= 0.6 is 11.6 Å². The van der Waals surface area contributed by atoms with Crippen molar-refractivity contribution in [2.75, 3.05) is 5.73 Å². The summed E-state index contributed by atoms with van der Waals surface area (Å²) in [6.07, 6.45) is 0. The quantitative estimate of drug-likeness (QED) is 0.253. The third-order valence-corrected chi connectivity index (χ3v) is 7.38. The summed E-state index contributed by atoms with van der Waals surface area (Å²) in [7, 11) is 0. The fraction of sp³-hybridized carbons (Fsp3) is 0.0323. The number of nitrogen functional groups attached to an aromatic ring is 1. The average Bonchev–Trinajstić information content (AvgIpc) is 3.16. The van der Waals surface area contributed by atoms with E-state index in [2.05, 4.69) is 84.9 Å². The molecule has 7 rings (SSSR count). The molecule has 1 spiro atoms. The number of hydrogen-bond donors (Lipinski definition) is 1. The first-order valence-electron chi connectivity index (χ1n) is 11.3. The smallest absolute Gasteiger partial charge is 0.132 e. The van der Waals surface area contributed by atoms with Gasteiger partial charge < -0.3 is 10.5 Å². The highest BCUT2D eigenvalue weighted by Crippen LogP contribution is 2.62. The topological polar surface area (TPSA) is 35.2 Å². The second kappa shape index (κ2) is 6.99. The summed E-state index contributed by atoms with van der Waals surface area (Å²) in [5.41, 5.74) is 15.6. The Morgan fingerprint density at radius 2 is 1.12 bits per heavy atom. The zero-order chi connectivity index (χ0) is 22.9. The van der Waals surface area contributed by atoms with Crippen LogP contribution in [0.25, 0.3) is 22.3 Å². The highest BCUT2D eigenvalue weighted by atomic mass is 35.5. The van der Waals surface area contributed by atoms with Crippen molar-refractivity contribution in [3.63, 3.8) is 0 Å². The van der Waals surface area contributed by atoms with Crippen molar-refractivity contribution >= 4 is 17.3 Å². The lowest BCUT2D eigenvalue weighted by Crippen LogP contribution is -2.32. The van der Waals surface area contributed by atoms with Gasteiger partial charge in [-0.15, -0.1) is 0 Å². The van der Waals surface area contributed by atoms with Crippen LogP contribution in [-0.4, -0.2) is 0 Å². The molecule has 2 nitrogen and oxygen atoms in total. The maximum atomic E-state index is 6.59. The molecule has 0 amide bonds. The van der Waals surface area contributed by atoms with E-state index >= 15 is 0 Å². The SMILES string of the molecule is Nc1ccc(-c2ccc3c(c2)C2(c4cc(Cl)ccc4O3)c3ccccc3-c3ccccc32)cc1. The predicted molar refractivity (Wildman–Crippen MR) is 139 cm³/mol. The summed E-state index contributed by atoms with van der Waals surface area (Å²) in [4.78, 5) is 0. The van der Waals surface area contributed by atoms with Crippen molar-refractivity contribution in [3.05, 3.63) is 136 Å². The number of rotatable bonds is 1. The highest BCUT2D eigenvalue weighted by molar-refractivity contribution is 6.30. The van der Waals surface area contributed by atoms with Gasteiger partial charge in [0.25, 0.3) is 0 Å². The summed E-state index contributed by atoms with van der Waals surface area (Å²) in [6.45, 7) is 0. The molecular formula is C31H20ClNO. The fourth-order valence-corrected chi connectivity index (χ4v) is 5.90. The Kier molecular flexibility index (Phi) is 4.00. The van der Waals surface area contributed by atoms with E-state index in [1.807, 2.05) is 24.3 Å². The molecule has 34 heavy (non-hydrogen) atoms. The van der Waals surface area contributed by atoms with Crippen molar-refractivity contribution in [2.24, 2.45) is 0 Å². The van der Waals surface area contributed by atoms with E-state index < -0.39 is 5.41 Å². The van der Waals surface area contributed by atoms with Gasteiger partial charge in [-0.05, 0) is 75.8 Å². The molecule has 3 heteroatoms. The van der Waals surface area contributed by atoms with E-state index in [1.165, 1.54) is 22.3 Å². The Hall–Kier alpha value is -4.01. The van der Waals surface area contributed by atoms with Crippen LogP contribution in [0.4, 0.5) is 5.69 Å².